The summed E-state index contributed by atoms with van der Waals surface area (Å²) in [6, 6.07) is 8.69. The Morgan fingerprint density at radius 1 is 1.33 bits per heavy atom. The van der Waals surface area contributed by atoms with Gasteiger partial charge in [-0.3, -0.25) is 0 Å². The molecule has 0 amide bonds. The summed E-state index contributed by atoms with van der Waals surface area (Å²) in [4.78, 5) is 11.6. The van der Waals surface area contributed by atoms with E-state index < -0.39 is 18.2 Å². The third-order valence-corrected chi connectivity index (χ3v) is 2.27. The third-order valence-electron chi connectivity index (χ3n) is 2.27. The van der Waals surface area contributed by atoms with Gasteiger partial charge in [-0.2, -0.15) is 0 Å². The number of aliphatic hydroxyl groups is 1. The Bertz CT molecular complexity index is 336. The van der Waals surface area contributed by atoms with Gasteiger partial charge < -0.3 is 14.6 Å². The Kier molecular flexibility index (Phi) is 2.99. The van der Waals surface area contributed by atoms with Gasteiger partial charge in [0.05, 0.1) is 18.8 Å². The molecule has 4 heteroatoms. The highest BCUT2D eigenvalue weighted by atomic mass is 16.6. The number of ether oxygens (including phenoxy) is 2. The topological polar surface area (TPSA) is 55.8 Å². The summed E-state index contributed by atoms with van der Waals surface area (Å²) in [6.45, 7) is 0.493. The molecule has 0 saturated carbocycles. The fourth-order valence-corrected chi connectivity index (χ4v) is 1.42. The lowest BCUT2D eigenvalue weighted by molar-refractivity contribution is 0.00114. The van der Waals surface area contributed by atoms with Crippen LogP contribution in [0.4, 0.5) is 0 Å². The van der Waals surface area contributed by atoms with Crippen molar-refractivity contribution >= 4 is 5.97 Å². The summed E-state index contributed by atoms with van der Waals surface area (Å²) in [5.74, 6) is -0.426. The van der Waals surface area contributed by atoms with Gasteiger partial charge in [-0.25, -0.2) is 4.79 Å². The molecular weight excluding hydrogens is 196 g/mol. The van der Waals surface area contributed by atoms with Crippen molar-refractivity contribution in [1.29, 1.82) is 0 Å². The fourth-order valence-electron chi connectivity index (χ4n) is 1.42. The molecule has 0 aliphatic carbocycles. The van der Waals surface area contributed by atoms with E-state index in [4.69, 9.17) is 9.47 Å². The molecule has 1 aromatic rings. The molecule has 1 aliphatic rings. The van der Waals surface area contributed by atoms with Crippen LogP contribution in [0.2, 0.25) is 0 Å². The average molecular weight is 208 g/mol. The quantitative estimate of drug-likeness (QED) is 0.723. The molecule has 1 unspecified atom stereocenters. The number of aliphatic hydroxyl groups excluding tert-OH is 1. The van der Waals surface area contributed by atoms with E-state index in [1.165, 1.54) is 0 Å². The number of benzene rings is 1. The van der Waals surface area contributed by atoms with E-state index in [1.54, 1.807) is 24.3 Å². The second-order valence-electron chi connectivity index (χ2n) is 3.41. The highest BCUT2D eigenvalue weighted by Crippen LogP contribution is 2.12. The minimum atomic E-state index is -0.710. The van der Waals surface area contributed by atoms with Crippen molar-refractivity contribution < 1.29 is 19.4 Å². The van der Waals surface area contributed by atoms with Crippen LogP contribution >= 0.6 is 0 Å². The molecule has 1 aliphatic heterocycles. The molecule has 1 heterocycles. The lowest BCUT2D eigenvalue weighted by Gasteiger charge is -2.13. The first-order chi connectivity index (χ1) is 7.27. The largest absolute Gasteiger partial charge is 0.453 e. The molecule has 2 atom stereocenters. The lowest BCUT2D eigenvalue weighted by atomic mass is 10.2. The standard InChI is InChI=1S/C11H12O4/c12-9-6-14-7-10(9)15-11(13)8-4-2-1-3-5-8/h1-5,9-10,12H,6-7H2/t9?,10-/m0/s1. The van der Waals surface area contributed by atoms with Gasteiger partial charge in [0.15, 0.2) is 6.10 Å². The van der Waals surface area contributed by atoms with Gasteiger partial charge in [0.2, 0.25) is 0 Å². The summed E-state index contributed by atoms with van der Waals surface area (Å²) < 4.78 is 10.1. The maximum Gasteiger partial charge on any atom is 0.338 e. The van der Waals surface area contributed by atoms with Gasteiger partial charge in [0.25, 0.3) is 0 Å². The van der Waals surface area contributed by atoms with Crippen molar-refractivity contribution in [2.45, 2.75) is 12.2 Å². The highest BCUT2D eigenvalue weighted by molar-refractivity contribution is 5.89. The normalized spacial score (nSPS) is 25.1. The highest BCUT2D eigenvalue weighted by Gasteiger charge is 2.29. The van der Waals surface area contributed by atoms with Crippen LogP contribution in [0.3, 0.4) is 0 Å². The summed E-state index contributed by atoms with van der Waals surface area (Å²) >= 11 is 0. The van der Waals surface area contributed by atoms with Gasteiger partial charge in [-0.15, -0.1) is 0 Å². The Morgan fingerprint density at radius 2 is 2.07 bits per heavy atom. The van der Waals surface area contributed by atoms with Crippen LogP contribution < -0.4 is 0 Å². The average Bonchev–Trinajstić information content (AvgIpc) is 2.66. The Hall–Kier alpha value is -1.39. The van der Waals surface area contributed by atoms with Crippen molar-refractivity contribution in [3.63, 3.8) is 0 Å². The van der Waals surface area contributed by atoms with Crippen LogP contribution in [0.1, 0.15) is 10.4 Å². The minimum Gasteiger partial charge on any atom is -0.453 e. The smallest absolute Gasteiger partial charge is 0.338 e. The van der Waals surface area contributed by atoms with E-state index in [2.05, 4.69) is 0 Å². The maximum absolute atomic E-state index is 11.6. The maximum atomic E-state index is 11.6. The predicted molar refractivity (Wildman–Crippen MR) is 52.5 cm³/mol. The SMILES string of the molecule is O=C(O[C@H]1COCC1O)c1ccccc1. The van der Waals surface area contributed by atoms with E-state index >= 15 is 0 Å². The first-order valence-corrected chi connectivity index (χ1v) is 4.79. The fraction of sp³-hybridized carbons (Fsp3) is 0.364. The number of hydrogen-bond acceptors (Lipinski definition) is 4. The van der Waals surface area contributed by atoms with Crippen molar-refractivity contribution in [3.8, 4) is 0 Å². The number of carbonyl (C=O) groups excluding carboxylic acids is 1. The molecule has 80 valence electrons. The molecular formula is C11H12O4. The van der Waals surface area contributed by atoms with Crippen LogP contribution in [-0.2, 0) is 9.47 Å². The number of esters is 1. The van der Waals surface area contributed by atoms with Crippen LogP contribution in [0, 0.1) is 0 Å². The molecule has 1 N–H and O–H groups in total. The summed E-state index contributed by atoms with van der Waals surface area (Å²) in [5, 5.41) is 9.38. The van der Waals surface area contributed by atoms with Crippen molar-refractivity contribution in [1.82, 2.24) is 0 Å². The zero-order valence-electron chi connectivity index (χ0n) is 8.13. The number of rotatable bonds is 2. The van der Waals surface area contributed by atoms with Gasteiger partial charge in [0.1, 0.15) is 6.10 Å². The lowest BCUT2D eigenvalue weighted by Crippen LogP contribution is -2.29. The van der Waals surface area contributed by atoms with E-state index in [9.17, 15) is 9.90 Å². The number of carbonyl (C=O) groups is 1. The van der Waals surface area contributed by atoms with Crippen LogP contribution in [0.15, 0.2) is 30.3 Å². The molecule has 15 heavy (non-hydrogen) atoms. The molecule has 0 radical (unpaired) electrons. The molecule has 4 nitrogen and oxygen atoms in total. The summed E-state index contributed by atoms with van der Waals surface area (Å²) in [5.41, 5.74) is 0.483. The van der Waals surface area contributed by atoms with E-state index in [0.29, 0.717) is 5.56 Å². The monoisotopic (exact) mass is 208 g/mol. The van der Waals surface area contributed by atoms with Gasteiger partial charge in [-0.1, -0.05) is 18.2 Å². The van der Waals surface area contributed by atoms with Gasteiger partial charge in [0, 0.05) is 0 Å². The second-order valence-corrected chi connectivity index (χ2v) is 3.41. The predicted octanol–water partition coefficient (Wildman–Crippen LogP) is 0.603. The third kappa shape index (κ3) is 2.34. The van der Waals surface area contributed by atoms with Crippen LogP contribution in [0.5, 0.6) is 0 Å². The van der Waals surface area contributed by atoms with Crippen molar-refractivity contribution in [3.05, 3.63) is 35.9 Å². The molecule has 0 spiro atoms. The minimum absolute atomic E-state index is 0.229. The van der Waals surface area contributed by atoms with E-state index in [-0.39, 0.29) is 13.2 Å². The second kappa shape index (κ2) is 4.42. The van der Waals surface area contributed by atoms with Gasteiger partial charge >= 0.3 is 5.97 Å². The van der Waals surface area contributed by atoms with Crippen molar-refractivity contribution in [2.24, 2.45) is 0 Å². The van der Waals surface area contributed by atoms with Crippen molar-refractivity contribution in [2.75, 3.05) is 13.2 Å². The van der Waals surface area contributed by atoms with Crippen LogP contribution in [0.25, 0.3) is 0 Å². The van der Waals surface area contributed by atoms with Gasteiger partial charge in [-0.05, 0) is 12.1 Å². The summed E-state index contributed by atoms with van der Waals surface area (Å²) in [7, 11) is 0. The molecule has 0 aromatic heterocycles. The Labute approximate surface area is 87.4 Å². The molecule has 1 saturated heterocycles. The zero-order chi connectivity index (χ0) is 10.7. The molecule has 1 fully saturated rings. The molecule has 2 rings (SSSR count). The first kappa shape index (κ1) is 10.1. The molecule has 1 aromatic carbocycles. The van der Waals surface area contributed by atoms with E-state index in [0.717, 1.165) is 0 Å². The number of hydrogen-bond donors (Lipinski definition) is 1. The first-order valence-electron chi connectivity index (χ1n) is 4.79. The zero-order valence-corrected chi connectivity index (χ0v) is 8.13. The van der Waals surface area contributed by atoms with E-state index in [1.807, 2.05) is 6.07 Å². The Balaban J connectivity index is 1.98. The Morgan fingerprint density at radius 3 is 2.67 bits per heavy atom. The molecule has 0 bridgehead atoms. The van der Waals surface area contributed by atoms with Crippen LogP contribution in [-0.4, -0.2) is 36.5 Å². The summed E-state index contributed by atoms with van der Waals surface area (Å²) in [6.07, 6.45) is -1.25.